The Morgan fingerprint density at radius 1 is 1.17 bits per heavy atom. The van der Waals surface area contributed by atoms with Gasteiger partial charge in [0.25, 0.3) is 0 Å². The van der Waals surface area contributed by atoms with Gasteiger partial charge in [0.15, 0.2) is 17.3 Å². The van der Waals surface area contributed by atoms with Gasteiger partial charge in [0.1, 0.15) is 17.9 Å². The van der Waals surface area contributed by atoms with Crippen LogP contribution in [0.5, 0.6) is 5.75 Å². The third-order valence-electron chi connectivity index (χ3n) is 6.59. The lowest BCUT2D eigenvalue weighted by atomic mass is 10.1. The van der Waals surface area contributed by atoms with Crippen molar-refractivity contribution in [1.29, 1.82) is 0 Å². The molecule has 182 valence electrons. The fourth-order valence-electron chi connectivity index (χ4n) is 4.72. The topological polar surface area (TPSA) is 92.1 Å². The number of carbonyl (C=O) groups is 2. The van der Waals surface area contributed by atoms with Crippen LogP contribution in [0.15, 0.2) is 45.8 Å². The number of halogens is 2. The number of hydrogen-bond acceptors (Lipinski definition) is 6. The number of carboxylic acid groups (broad SMARTS) is 1. The molecule has 1 atom stereocenters. The number of aromatic nitrogens is 1. The Morgan fingerprint density at radius 3 is 2.51 bits per heavy atom. The molecule has 2 aliphatic heterocycles. The summed E-state index contributed by atoms with van der Waals surface area (Å²) in [4.78, 5) is 40.9. The summed E-state index contributed by atoms with van der Waals surface area (Å²) in [5, 5.41) is 9.43. The number of nitrogens with zero attached hydrogens (tertiary/aromatic N) is 3. The first-order valence-electron chi connectivity index (χ1n) is 11.3. The Morgan fingerprint density at radius 2 is 1.86 bits per heavy atom. The van der Waals surface area contributed by atoms with Crippen LogP contribution in [-0.4, -0.2) is 65.7 Å². The van der Waals surface area contributed by atoms with Crippen LogP contribution in [0.1, 0.15) is 33.7 Å². The Bertz CT molecular complexity index is 1400. The molecule has 0 saturated carbocycles. The molecular formula is C25H23BrFN3O5. The molecule has 8 nitrogen and oxygen atoms in total. The number of carbonyl (C=O) groups excluding carboxylic acids is 1. The molecule has 0 bridgehead atoms. The van der Waals surface area contributed by atoms with Crippen LogP contribution < -0.4 is 15.1 Å². The van der Waals surface area contributed by atoms with Crippen LogP contribution in [0.25, 0.3) is 10.9 Å². The zero-order chi connectivity index (χ0) is 24.9. The number of rotatable bonds is 5. The first kappa shape index (κ1) is 23.5. The third kappa shape index (κ3) is 4.21. The minimum absolute atomic E-state index is 0.00793. The SMILES string of the molecule is C[C@H]1COc2c(N3CCN(CC(=O)c4ccc(Br)cc4)CC3)c(F)cc3c(=O)c(C(=O)O)cn1c23. The molecule has 0 aliphatic carbocycles. The number of ether oxygens (including phenoxy) is 1. The van der Waals surface area contributed by atoms with Crippen LogP contribution in [0, 0.1) is 5.82 Å². The Kier molecular flexibility index (Phi) is 6.10. The van der Waals surface area contributed by atoms with Crippen molar-refractivity contribution >= 4 is 44.3 Å². The van der Waals surface area contributed by atoms with E-state index in [0.29, 0.717) is 37.3 Å². The molecule has 0 spiro atoms. The van der Waals surface area contributed by atoms with E-state index in [2.05, 4.69) is 15.9 Å². The maximum Gasteiger partial charge on any atom is 0.341 e. The lowest BCUT2D eigenvalue weighted by Gasteiger charge is -2.38. The molecular weight excluding hydrogens is 521 g/mol. The van der Waals surface area contributed by atoms with Crippen LogP contribution in [0.3, 0.4) is 0 Å². The van der Waals surface area contributed by atoms with Crippen molar-refractivity contribution in [3.8, 4) is 5.75 Å². The molecule has 3 heterocycles. The molecule has 2 aliphatic rings. The van der Waals surface area contributed by atoms with E-state index in [0.717, 1.165) is 10.5 Å². The fraction of sp³-hybridized carbons (Fsp3) is 0.320. The fourth-order valence-corrected chi connectivity index (χ4v) is 4.98. The molecule has 1 N–H and O–H groups in total. The Hall–Kier alpha value is -3.24. The van der Waals surface area contributed by atoms with Gasteiger partial charge < -0.3 is 19.3 Å². The summed E-state index contributed by atoms with van der Waals surface area (Å²) < 4.78 is 23.9. The summed E-state index contributed by atoms with van der Waals surface area (Å²) in [7, 11) is 0. The highest BCUT2D eigenvalue weighted by Gasteiger charge is 2.31. The summed E-state index contributed by atoms with van der Waals surface area (Å²) in [5.41, 5.74) is 0.183. The predicted molar refractivity (Wildman–Crippen MR) is 132 cm³/mol. The number of ketones is 1. The first-order valence-corrected chi connectivity index (χ1v) is 12.1. The molecule has 2 aromatic carbocycles. The standard InChI is InChI=1S/C25H23BrFN3O5/c1-14-13-35-24-21-17(23(32)18(25(33)34)11-30(14)21)10-19(27)22(24)29-8-6-28(7-9-29)12-20(31)15-2-4-16(26)5-3-15/h2-5,10-11,14H,6-9,12-13H2,1H3,(H,33,34)/t14-/m0/s1. The molecule has 10 heteroatoms. The molecule has 0 unspecified atom stereocenters. The van der Waals surface area contributed by atoms with Crippen molar-refractivity contribution < 1.29 is 23.8 Å². The molecule has 35 heavy (non-hydrogen) atoms. The van der Waals surface area contributed by atoms with Gasteiger partial charge in [-0.25, -0.2) is 9.18 Å². The summed E-state index contributed by atoms with van der Waals surface area (Å²) in [6, 6.07) is 8.13. The number of anilines is 1. The van der Waals surface area contributed by atoms with Crippen LogP contribution in [0.2, 0.25) is 0 Å². The summed E-state index contributed by atoms with van der Waals surface area (Å²) in [6.45, 7) is 4.40. The third-order valence-corrected chi connectivity index (χ3v) is 7.12. The summed E-state index contributed by atoms with van der Waals surface area (Å²) in [6.07, 6.45) is 1.32. The number of benzene rings is 2. The van der Waals surface area contributed by atoms with Gasteiger partial charge in [-0.1, -0.05) is 28.1 Å². The zero-order valence-corrected chi connectivity index (χ0v) is 20.5. The molecule has 5 rings (SSSR count). The zero-order valence-electron chi connectivity index (χ0n) is 19.0. The highest BCUT2D eigenvalue weighted by molar-refractivity contribution is 9.10. The smallest absolute Gasteiger partial charge is 0.341 e. The number of piperazine rings is 1. The maximum absolute atomic E-state index is 15.4. The minimum atomic E-state index is -1.35. The number of hydrogen-bond donors (Lipinski definition) is 1. The van der Waals surface area contributed by atoms with Crippen LogP contribution >= 0.6 is 15.9 Å². The normalized spacial score (nSPS) is 17.9. The van der Waals surface area contributed by atoms with Crippen molar-refractivity contribution in [3.63, 3.8) is 0 Å². The number of pyridine rings is 1. The van der Waals surface area contributed by atoms with E-state index in [9.17, 15) is 19.5 Å². The van der Waals surface area contributed by atoms with Crippen LogP contribution in [-0.2, 0) is 0 Å². The number of carboxylic acids is 1. The van der Waals surface area contributed by atoms with E-state index in [-0.39, 0.29) is 41.8 Å². The van der Waals surface area contributed by atoms with Gasteiger partial charge in [-0.2, -0.15) is 0 Å². The molecule has 1 aromatic heterocycles. The Labute approximate surface area is 208 Å². The van der Waals surface area contributed by atoms with Crippen LogP contribution in [0.4, 0.5) is 10.1 Å². The average Bonchev–Trinajstić information content (AvgIpc) is 2.83. The number of Topliss-reactive ketones (excluding diaryl/α,β-unsaturated/α-hetero) is 1. The van der Waals surface area contributed by atoms with Gasteiger partial charge in [-0.15, -0.1) is 0 Å². The van der Waals surface area contributed by atoms with Crippen molar-refractivity contribution in [2.75, 3.05) is 44.2 Å². The van der Waals surface area contributed by atoms with E-state index in [1.165, 1.54) is 6.20 Å². The molecule has 1 fully saturated rings. The minimum Gasteiger partial charge on any atom is -0.487 e. The van der Waals surface area contributed by atoms with E-state index in [1.54, 1.807) is 16.7 Å². The van der Waals surface area contributed by atoms with E-state index >= 15 is 4.39 Å². The quantitative estimate of drug-likeness (QED) is 0.492. The van der Waals surface area contributed by atoms with Gasteiger partial charge in [0.2, 0.25) is 5.43 Å². The maximum atomic E-state index is 15.4. The van der Waals surface area contributed by atoms with Crippen molar-refractivity contribution in [1.82, 2.24) is 9.47 Å². The molecule has 0 amide bonds. The Balaban J connectivity index is 1.42. The largest absolute Gasteiger partial charge is 0.487 e. The molecule has 1 saturated heterocycles. The van der Waals surface area contributed by atoms with Crippen molar-refractivity contribution in [3.05, 3.63) is 68.2 Å². The van der Waals surface area contributed by atoms with Gasteiger partial charge in [0.05, 0.1) is 23.5 Å². The summed E-state index contributed by atoms with van der Waals surface area (Å²) >= 11 is 3.37. The van der Waals surface area contributed by atoms with E-state index in [4.69, 9.17) is 4.74 Å². The second kappa shape index (κ2) is 9.09. The monoisotopic (exact) mass is 543 g/mol. The molecule has 3 aromatic rings. The average molecular weight is 544 g/mol. The van der Waals surface area contributed by atoms with Gasteiger partial charge >= 0.3 is 5.97 Å². The van der Waals surface area contributed by atoms with E-state index < -0.39 is 22.8 Å². The molecule has 0 radical (unpaired) electrons. The highest BCUT2D eigenvalue weighted by atomic mass is 79.9. The number of aromatic carboxylic acids is 1. The summed E-state index contributed by atoms with van der Waals surface area (Å²) in [5.74, 6) is -1.70. The van der Waals surface area contributed by atoms with Gasteiger partial charge in [-0.05, 0) is 25.1 Å². The van der Waals surface area contributed by atoms with Crippen molar-refractivity contribution in [2.24, 2.45) is 0 Å². The van der Waals surface area contributed by atoms with Gasteiger partial charge in [0, 0.05) is 42.4 Å². The predicted octanol–water partition coefficient (Wildman–Crippen LogP) is 3.56. The lowest BCUT2D eigenvalue weighted by molar-refractivity contribution is 0.0694. The highest BCUT2D eigenvalue weighted by Crippen LogP contribution is 2.42. The lowest BCUT2D eigenvalue weighted by Crippen LogP contribution is -2.48. The van der Waals surface area contributed by atoms with Gasteiger partial charge in [-0.3, -0.25) is 14.5 Å². The second-order valence-corrected chi connectivity index (χ2v) is 9.79. The van der Waals surface area contributed by atoms with Crippen molar-refractivity contribution in [2.45, 2.75) is 13.0 Å². The second-order valence-electron chi connectivity index (χ2n) is 8.87. The van der Waals surface area contributed by atoms with E-state index in [1.807, 2.05) is 28.9 Å². The first-order chi connectivity index (χ1) is 16.7.